The summed E-state index contributed by atoms with van der Waals surface area (Å²) in [4.78, 5) is 23.3. The third-order valence-electron chi connectivity index (χ3n) is 1.54. The van der Waals surface area contributed by atoms with E-state index in [2.05, 4.69) is 0 Å². The van der Waals surface area contributed by atoms with Crippen molar-refractivity contribution in [2.24, 2.45) is 11.8 Å². The molecule has 0 saturated heterocycles. The van der Waals surface area contributed by atoms with Gasteiger partial charge in [-0.1, -0.05) is 27.7 Å². The minimum absolute atomic E-state index is 0.484. The Labute approximate surface area is 85.5 Å². The molecule has 0 rings (SSSR count). The first-order chi connectivity index (χ1) is 7.43. The van der Waals surface area contributed by atoms with Crippen LogP contribution in [0.25, 0.3) is 0 Å². The van der Waals surface area contributed by atoms with Crippen molar-refractivity contribution < 1.29 is 15.1 Å². The van der Waals surface area contributed by atoms with Gasteiger partial charge in [0.1, 0.15) is 0 Å². The molecule has 3 heteroatoms. The van der Waals surface area contributed by atoms with Crippen molar-refractivity contribution in [1.29, 1.82) is 0 Å². The minimum Gasteiger partial charge on any atom is -0.346 e. The third-order valence-corrected chi connectivity index (χ3v) is 1.54. The van der Waals surface area contributed by atoms with Crippen molar-refractivity contribution in [1.82, 2.24) is 5.32 Å². The smallest absolute Gasteiger partial charge is 0.223 e. The number of ketones is 1. The quantitative estimate of drug-likeness (QED) is 0.685. The molecule has 0 aliphatic heterocycles. The average molecular weight is 193 g/mol. The van der Waals surface area contributed by atoms with Crippen LogP contribution < -0.4 is 5.32 Å². The van der Waals surface area contributed by atoms with Gasteiger partial charge in [0.25, 0.3) is 0 Å². The maximum absolute atomic E-state index is 11.8. The maximum atomic E-state index is 11.8. The van der Waals surface area contributed by atoms with E-state index < -0.39 is 36.4 Å². The summed E-state index contributed by atoms with van der Waals surface area (Å²) in [7, 11) is 0. The van der Waals surface area contributed by atoms with Crippen LogP contribution in [0.1, 0.15) is 40.0 Å². The fourth-order valence-corrected chi connectivity index (χ4v) is 0.618. The van der Waals surface area contributed by atoms with E-state index in [4.69, 9.17) is 5.48 Å². The van der Waals surface area contributed by atoms with Gasteiger partial charge in [-0.2, -0.15) is 0 Å². The first-order valence-corrected chi connectivity index (χ1v) is 4.29. The van der Waals surface area contributed by atoms with Crippen LogP contribution in [0.3, 0.4) is 0 Å². The van der Waals surface area contributed by atoms with Crippen LogP contribution in [-0.4, -0.2) is 17.7 Å². The van der Waals surface area contributed by atoms with Crippen LogP contribution in [0.2, 0.25) is 0 Å². The first kappa shape index (κ1) is 6.57. The highest BCUT2D eigenvalue weighted by molar-refractivity contribution is 5.90. The molecule has 0 saturated carbocycles. The number of hydrogen-bond acceptors (Lipinski definition) is 2. The minimum atomic E-state index is -2.89. The molecular weight excluding hydrogens is 170 g/mol. The predicted octanol–water partition coefficient (Wildman–Crippen LogP) is 1.37. The molecule has 0 heterocycles. The van der Waals surface area contributed by atoms with Crippen LogP contribution >= 0.6 is 0 Å². The molecule has 1 amide bonds. The van der Waals surface area contributed by atoms with E-state index in [1.54, 1.807) is 13.8 Å². The van der Waals surface area contributed by atoms with E-state index >= 15 is 0 Å². The molecule has 0 fully saturated rings. The summed E-state index contributed by atoms with van der Waals surface area (Å²) in [6.07, 6.45) is 0. The molecule has 0 spiro atoms. The summed E-state index contributed by atoms with van der Waals surface area (Å²) in [6, 6.07) is -2.57. The molecule has 0 aliphatic rings. The number of amides is 1. The zero-order valence-corrected chi connectivity index (χ0v) is 8.47. The Morgan fingerprint density at radius 2 is 1.77 bits per heavy atom. The second kappa shape index (κ2) is 5.00. The lowest BCUT2D eigenvalue weighted by molar-refractivity contribution is -0.130. The van der Waals surface area contributed by atoms with Gasteiger partial charge >= 0.3 is 0 Å². The molecule has 1 unspecified atom stereocenters. The summed E-state index contributed by atoms with van der Waals surface area (Å²) in [5.74, 6) is -2.56. The fourth-order valence-electron chi connectivity index (χ4n) is 0.618. The standard InChI is InChI=1S/C10H19NO2/c1-6(2)9(12)8(5)11-10(13)7(3)4/h6-8H,1-5H3,(H,11,13)/i5D3,8D,12+2,13+2. The molecule has 1 N–H and O–H groups in total. The topological polar surface area (TPSA) is 46.2 Å². The molecule has 76 valence electrons. The Hall–Kier alpha value is -0.860. The van der Waals surface area contributed by atoms with E-state index in [9.17, 15) is 9.59 Å². The molecule has 0 bridgehead atoms. The van der Waals surface area contributed by atoms with E-state index in [1.165, 1.54) is 13.8 Å². The van der Waals surface area contributed by atoms with E-state index in [1.807, 2.05) is 5.32 Å². The Kier molecular flexibility index (Phi) is 2.53. The summed E-state index contributed by atoms with van der Waals surface area (Å²) >= 11 is 0. The van der Waals surface area contributed by atoms with E-state index in [0.717, 1.165) is 0 Å². The normalized spacial score (nSPS) is 21.1. The molecule has 1 atom stereocenters. The van der Waals surface area contributed by atoms with Crippen molar-refractivity contribution in [3.63, 3.8) is 0 Å². The molecule has 0 aliphatic carbocycles. The van der Waals surface area contributed by atoms with Crippen molar-refractivity contribution in [3.05, 3.63) is 0 Å². The Morgan fingerprint density at radius 3 is 2.08 bits per heavy atom. The van der Waals surface area contributed by atoms with Gasteiger partial charge in [0.05, 0.1) is 7.39 Å². The number of carbonyl (C=O) groups excluding carboxylic acids is 2. The van der Waals surface area contributed by atoms with Gasteiger partial charge in [0.15, 0.2) is 5.78 Å². The van der Waals surface area contributed by atoms with Gasteiger partial charge in [-0.3, -0.25) is 9.59 Å². The lowest BCUT2D eigenvalue weighted by atomic mass is 10.0. The van der Waals surface area contributed by atoms with Gasteiger partial charge in [-0.05, 0) is 6.85 Å². The first-order valence-electron chi connectivity index (χ1n) is 6.29. The zero-order chi connectivity index (χ0) is 14.0. The highest BCUT2D eigenvalue weighted by atomic mass is 18.1. The lowest BCUT2D eigenvalue weighted by Gasteiger charge is -2.16. The van der Waals surface area contributed by atoms with E-state index in [0.29, 0.717) is 0 Å². The highest BCUT2D eigenvalue weighted by Crippen LogP contribution is 2.00. The van der Waals surface area contributed by atoms with Crippen LogP contribution in [0, 0.1) is 11.8 Å². The number of nitrogens with one attached hydrogen (secondary N) is 1. The van der Waals surface area contributed by atoms with Gasteiger partial charge in [0.2, 0.25) is 5.91 Å². The summed E-state index contributed by atoms with van der Waals surface area (Å²) in [5.41, 5.74) is 0. The monoisotopic (exact) mass is 193 g/mol. The predicted molar refractivity (Wildman–Crippen MR) is 52.3 cm³/mol. The van der Waals surface area contributed by atoms with Crippen molar-refractivity contribution in [3.8, 4) is 0 Å². The Balaban J connectivity index is 5.28. The molecule has 0 aromatic rings. The number of rotatable bonds is 4. The summed E-state index contributed by atoms with van der Waals surface area (Å²) in [5, 5.41) is 2.03. The van der Waals surface area contributed by atoms with Crippen LogP contribution in [0.5, 0.6) is 0 Å². The van der Waals surface area contributed by atoms with Crippen molar-refractivity contribution >= 4 is 11.7 Å². The number of hydrogen-bond donors (Lipinski definition) is 1. The molecule has 0 aromatic carbocycles. The van der Waals surface area contributed by atoms with Crippen molar-refractivity contribution in [2.45, 2.75) is 40.6 Å². The van der Waals surface area contributed by atoms with Gasteiger partial charge in [-0.15, -0.1) is 0 Å². The van der Waals surface area contributed by atoms with Crippen molar-refractivity contribution in [2.75, 3.05) is 0 Å². The van der Waals surface area contributed by atoms with Gasteiger partial charge in [0, 0.05) is 15.9 Å². The summed E-state index contributed by atoms with van der Waals surface area (Å²) in [6.45, 7) is 3.24. The number of Topliss-reactive ketones (excluding diaryl/α,β-unsaturated/α-hetero) is 1. The number of carbonyl (C=O) groups is 2. The van der Waals surface area contributed by atoms with Gasteiger partial charge < -0.3 is 5.32 Å². The zero-order valence-electron chi connectivity index (χ0n) is 12.5. The highest BCUT2D eigenvalue weighted by Gasteiger charge is 2.19. The molecular formula is C10H19NO2. The SMILES string of the molecule is [2H]C([2H])([2H])C([2H])(NC(=[18O])C(C)C)C(=[18O])C(C)C. The maximum Gasteiger partial charge on any atom is 0.223 e. The average Bonchev–Trinajstić information content (AvgIpc) is 2.13. The van der Waals surface area contributed by atoms with E-state index in [-0.39, 0.29) is 0 Å². The second-order valence-electron chi connectivity index (χ2n) is 3.54. The lowest BCUT2D eigenvalue weighted by Crippen LogP contribution is -2.42. The third kappa shape index (κ3) is 4.06. The molecule has 13 heavy (non-hydrogen) atoms. The Morgan fingerprint density at radius 1 is 1.23 bits per heavy atom. The second-order valence-corrected chi connectivity index (χ2v) is 3.54. The molecule has 0 radical (unpaired) electrons. The summed E-state index contributed by atoms with van der Waals surface area (Å²) < 4.78 is 29.6. The van der Waals surface area contributed by atoms with Crippen LogP contribution in [-0.2, 0) is 9.59 Å². The Bertz CT molecular complexity index is 312. The van der Waals surface area contributed by atoms with Crippen LogP contribution in [0.4, 0.5) is 0 Å². The fraction of sp³-hybridized carbons (Fsp3) is 0.800. The van der Waals surface area contributed by atoms with Gasteiger partial charge in [-0.25, -0.2) is 0 Å². The molecule has 0 aromatic heterocycles. The largest absolute Gasteiger partial charge is 0.346 e. The van der Waals surface area contributed by atoms with Crippen LogP contribution in [0.15, 0.2) is 0 Å². The molecule has 3 nitrogen and oxygen atoms in total.